The first-order valence-electron chi connectivity index (χ1n) is 9.35. The van der Waals surface area contributed by atoms with E-state index in [0.29, 0.717) is 5.56 Å². The number of anilines is 1. The molecule has 2 rings (SSSR count). The van der Waals surface area contributed by atoms with E-state index in [9.17, 15) is 18.4 Å². The highest BCUT2D eigenvalue weighted by Crippen LogP contribution is 2.30. The Morgan fingerprint density at radius 3 is 1.90 bits per heavy atom. The third-order valence-corrected chi connectivity index (χ3v) is 4.44. The van der Waals surface area contributed by atoms with E-state index in [0.717, 1.165) is 23.3 Å². The third kappa shape index (κ3) is 6.11. The molecule has 0 aliphatic heterocycles. The zero-order valence-electron chi connectivity index (χ0n) is 17.7. The lowest BCUT2D eigenvalue weighted by atomic mass is 9.79. The maximum atomic E-state index is 13.2. The van der Waals surface area contributed by atoms with E-state index in [4.69, 9.17) is 4.74 Å². The number of hydrogen-bond acceptors (Lipinski definition) is 3. The van der Waals surface area contributed by atoms with Crippen molar-refractivity contribution in [1.29, 1.82) is 0 Å². The zero-order chi connectivity index (χ0) is 22.0. The summed E-state index contributed by atoms with van der Waals surface area (Å²) >= 11 is 0. The van der Waals surface area contributed by atoms with Gasteiger partial charge in [0, 0.05) is 11.8 Å². The number of halogens is 2. The van der Waals surface area contributed by atoms with Crippen LogP contribution < -0.4 is 5.32 Å². The van der Waals surface area contributed by atoms with Crippen LogP contribution in [-0.4, -0.2) is 18.5 Å². The van der Waals surface area contributed by atoms with E-state index in [1.807, 2.05) is 0 Å². The summed E-state index contributed by atoms with van der Waals surface area (Å²) in [5.41, 5.74) is 2.09. The summed E-state index contributed by atoms with van der Waals surface area (Å²) in [7, 11) is 0. The molecule has 0 saturated carbocycles. The van der Waals surface area contributed by atoms with Crippen LogP contribution in [0.1, 0.15) is 63.0 Å². The zero-order valence-corrected chi connectivity index (χ0v) is 17.7. The molecule has 1 N–H and O–H groups in total. The van der Waals surface area contributed by atoms with Gasteiger partial charge in [0.15, 0.2) is 18.2 Å². The fourth-order valence-corrected chi connectivity index (χ4v) is 2.60. The molecule has 0 saturated heterocycles. The van der Waals surface area contributed by atoms with Crippen molar-refractivity contribution >= 4 is 17.6 Å². The number of amides is 1. The van der Waals surface area contributed by atoms with E-state index < -0.39 is 30.1 Å². The summed E-state index contributed by atoms with van der Waals surface area (Å²) in [6.45, 7) is 11.8. The van der Waals surface area contributed by atoms with Crippen LogP contribution in [0, 0.1) is 11.6 Å². The van der Waals surface area contributed by atoms with E-state index in [2.05, 4.69) is 52.9 Å². The molecular formula is C23H27F2NO3. The summed E-state index contributed by atoms with van der Waals surface area (Å²) < 4.78 is 31.3. The summed E-state index contributed by atoms with van der Waals surface area (Å²) in [6.07, 6.45) is 0. The minimum atomic E-state index is -1.08. The van der Waals surface area contributed by atoms with Crippen LogP contribution in [0.3, 0.4) is 0 Å². The first kappa shape index (κ1) is 22.5. The van der Waals surface area contributed by atoms with Gasteiger partial charge in [0.25, 0.3) is 5.91 Å². The number of hydrogen-bond donors (Lipinski definition) is 1. The number of rotatable bonds is 4. The minimum absolute atomic E-state index is 0.0784. The van der Waals surface area contributed by atoms with E-state index in [1.54, 1.807) is 12.1 Å². The highest BCUT2D eigenvalue weighted by atomic mass is 19.2. The molecular weight excluding hydrogens is 376 g/mol. The predicted molar refractivity (Wildman–Crippen MR) is 109 cm³/mol. The average Bonchev–Trinajstić information content (AvgIpc) is 2.61. The van der Waals surface area contributed by atoms with Crippen molar-refractivity contribution in [3.8, 4) is 0 Å². The van der Waals surface area contributed by atoms with E-state index in [-0.39, 0.29) is 16.5 Å². The number of ether oxygens (including phenoxy) is 1. The summed E-state index contributed by atoms with van der Waals surface area (Å²) in [5, 5.41) is 2.37. The normalized spacial score (nSPS) is 11.9. The van der Waals surface area contributed by atoms with Crippen LogP contribution in [0.4, 0.5) is 14.5 Å². The monoisotopic (exact) mass is 403 g/mol. The molecule has 0 unspecified atom stereocenters. The summed E-state index contributed by atoms with van der Waals surface area (Å²) in [5.74, 6) is -3.36. The van der Waals surface area contributed by atoms with Gasteiger partial charge in [0.2, 0.25) is 0 Å². The molecule has 0 bridgehead atoms. The molecule has 1 amide bonds. The molecule has 0 radical (unpaired) electrons. The molecule has 29 heavy (non-hydrogen) atoms. The van der Waals surface area contributed by atoms with Gasteiger partial charge < -0.3 is 10.1 Å². The summed E-state index contributed by atoms with van der Waals surface area (Å²) in [6, 6.07) is 8.60. The van der Waals surface area contributed by atoms with Crippen LogP contribution in [0.25, 0.3) is 0 Å². The number of esters is 1. The fourth-order valence-electron chi connectivity index (χ4n) is 2.60. The number of carbonyl (C=O) groups excluding carboxylic acids is 2. The molecule has 2 aromatic rings. The highest BCUT2D eigenvalue weighted by Gasteiger charge is 2.23. The smallest absolute Gasteiger partial charge is 0.338 e. The lowest BCUT2D eigenvalue weighted by Gasteiger charge is -2.25. The van der Waals surface area contributed by atoms with E-state index in [1.165, 1.54) is 6.07 Å². The van der Waals surface area contributed by atoms with Gasteiger partial charge in [-0.1, -0.05) is 47.6 Å². The first-order valence-corrected chi connectivity index (χ1v) is 9.35. The van der Waals surface area contributed by atoms with Gasteiger partial charge in [-0.2, -0.15) is 0 Å². The Labute approximate surface area is 170 Å². The van der Waals surface area contributed by atoms with Crippen molar-refractivity contribution in [1.82, 2.24) is 0 Å². The van der Waals surface area contributed by atoms with Gasteiger partial charge in [0.05, 0.1) is 5.56 Å². The average molecular weight is 403 g/mol. The predicted octanol–water partition coefficient (Wildman–Crippen LogP) is 5.36. The fraction of sp³-hybridized carbons (Fsp3) is 0.391. The number of benzene rings is 2. The second-order valence-electron chi connectivity index (χ2n) is 9.05. The Balaban J connectivity index is 2.13. The lowest BCUT2D eigenvalue weighted by Crippen LogP contribution is -2.22. The Hall–Kier alpha value is -2.76. The Kier molecular flexibility index (Phi) is 6.46. The quantitative estimate of drug-likeness (QED) is 0.700. The van der Waals surface area contributed by atoms with Crippen molar-refractivity contribution in [2.24, 2.45) is 0 Å². The van der Waals surface area contributed by atoms with Crippen LogP contribution in [-0.2, 0) is 20.4 Å². The largest absolute Gasteiger partial charge is 0.452 e. The number of carbonyl (C=O) groups is 2. The molecule has 0 spiro atoms. The van der Waals surface area contributed by atoms with Gasteiger partial charge >= 0.3 is 5.97 Å². The maximum Gasteiger partial charge on any atom is 0.338 e. The maximum absolute atomic E-state index is 13.2. The topological polar surface area (TPSA) is 55.4 Å². The SMILES string of the molecule is CC(C)(C)c1cc(C(=O)OCC(=O)Nc2ccc(F)c(F)c2)cc(C(C)(C)C)c1. The van der Waals surface area contributed by atoms with Crippen molar-refractivity contribution in [2.45, 2.75) is 52.4 Å². The summed E-state index contributed by atoms with van der Waals surface area (Å²) in [4.78, 5) is 24.5. The molecule has 156 valence electrons. The first-order chi connectivity index (χ1) is 13.3. The molecule has 0 atom stereocenters. The molecule has 2 aromatic carbocycles. The molecule has 0 aliphatic rings. The van der Waals surface area contributed by atoms with E-state index >= 15 is 0 Å². The second-order valence-corrected chi connectivity index (χ2v) is 9.05. The van der Waals surface area contributed by atoms with Crippen LogP contribution >= 0.6 is 0 Å². The second kappa shape index (κ2) is 8.31. The van der Waals surface area contributed by atoms with Gasteiger partial charge in [-0.05, 0) is 46.2 Å². The standard InChI is InChI=1S/C23H27F2NO3/c1-22(2,3)15-9-14(10-16(11-15)23(4,5)6)21(28)29-13-20(27)26-17-7-8-18(24)19(25)12-17/h7-12H,13H2,1-6H3,(H,26,27). The molecule has 4 nitrogen and oxygen atoms in total. The molecule has 0 fully saturated rings. The van der Waals surface area contributed by atoms with Crippen molar-refractivity contribution in [3.63, 3.8) is 0 Å². The van der Waals surface area contributed by atoms with Crippen LogP contribution in [0.5, 0.6) is 0 Å². The van der Waals surface area contributed by atoms with Crippen LogP contribution in [0.2, 0.25) is 0 Å². The van der Waals surface area contributed by atoms with Crippen molar-refractivity contribution < 1.29 is 23.1 Å². The molecule has 0 aromatic heterocycles. The molecule has 0 heterocycles. The van der Waals surface area contributed by atoms with Crippen molar-refractivity contribution in [2.75, 3.05) is 11.9 Å². The van der Waals surface area contributed by atoms with Gasteiger partial charge in [-0.15, -0.1) is 0 Å². The lowest BCUT2D eigenvalue weighted by molar-refractivity contribution is -0.119. The molecule has 6 heteroatoms. The highest BCUT2D eigenvalue weighted by molar-refractivity contribution is 5.95. The Morgan fingerprint density at radius 1 is 0.862 bits per heavy atom. The van der Waals surface area contributed by atoms with Crippen molar-refractivity contribution in [3.05, 3.63) is 64.7 Å². The minimum Gasteiger partial charge on any atom is -0.452 e. The number of nitrogens with one attached hydrogen (secondary N) is 1. The van der Waals surface area contributed by atoms with Gasteiger partial charge in [0.1, 0.15) is 0 Å². The molecule has 0 aliphatic carbocycles. The van der Waals surface area contributed by atoms with Gasteiger partial charge in [-0.3, -0.25) is 4.79 Å². The Morgan fingerprint density at radius 2 is 1.41 bits per heavy atom. The van der Waals surface area contributed by atoms with Crippen LogP contribution in [0.15, 0.2) is 36.4 Å². The third-order valence-electron chi connectivity index (χ3n) is 4.44. The van der Waals surface area contributed by atoms with Gasteiger partial charge in [-0.25, -0.2) is 13.6 Å². The Bertz CT molecular complexity index is 892.